The van der Waals surface area contributed by atoms with Gasteiger partial charge in [0.2, 0.25) is 0 Å². The van der Waals surface area contributed by atoms with Gasteiger partial charge in [0.1, 0.15) is 0 Å². The summed E-state index contributed by atoms with van der Waals surface area (Å²) in [5.41, 5.74) is -0.400. The predicted octanol–water partition coefficient (Wildman–Crippen LogP) is -0.899. The molecule has 1 aromatic heterocycles. The van der Waals surface area contributed by atoms with Crippen LogP contribution in [0.25, 0.3) is 0 Å². The van der Waals surface area contributed by atoms with E-state index in [1.165, 1.54) is 5.32 Å². The second kappa shape index (κ2) is 4.25. The molecule has 0 fully saturated rings. The van der Waals surface area contributed by atoms with Crippen LogP contribution in [0.3, 0.4) is 0 Å². The van der Waals surface area contributed by atoms with Gasteiger partial charge in [-0.25, -0.2) is 0 Å². The van der Waals surface area contributed by atoms with Crippen molar-refractivity contribution in [2.75, 3.05) is 0 Å². The zero-order valence-corrected chi connectivity index (χ0v) is 8.49. The Morgan fingerprint density at radius 2 is 1.93 bits per heavy atom. The molecule has 1 heterocycles. The molecule has 0 atom stereocenters. The van der Waals surface area contributed by atoms with Crippen molar-refractivity contribution in [1.29, 1.82) is 0 Å². The highest BCUT2D eigenvalue weighted by Gasteiger charge is 2.24. The number of halogens is 2. The van der Waals surface area contributed by atoms with E-state index in [0.717, 1.165) is 6.07 Å². The number of rotatable bonds is 2. The highest BCUT2D eigenvalue weighted by atomic mass is 35.5. The molecule has 82 valence electrons. The van der Waals surface area contributed by atoms with Gasteiger partial charge in [0.05, 0.1) is 5.02 Å². The Bertz CT molecular complexity index is 392. The van der Waals surface area contributed by atoms with E-state index in [9.17, 15) is 4.79 Å². The topological polar surface area (TPSA) is 116 Å². The third-order valence-corrected chi connectivity index (χ3v) is 1.69. The molecule has 4 N–H and O–H groups in total. The van der Waals surface area contributed by atoms with Gasteiger partial charge in [-0.15, -0.1) is 10.2 Å². The Hall–Kier alpha value is -0.990. The van der Waals surface area contributed by atoms with E-state index < -0.39 is 17.7 Å². The maximum absolute atomic E-state index is 11.2. The zero-order valence-electron chi connectivity index (χ0n) is 6.98. The molecule has 0 spiro atoms. The molecule has 9 heteroatoms. The first kappa shape index (κ1) is 12.1. The van der Waals surface area contributed by atoms with Gasteiger partial charge in [-0.1, -0.05) is 23.2 Å². The Kier molecular flexibility index (Phi) is 3.42. The standard InChI is InChI=1S/C6H5Cl2N3O4/c7-2-1-3(8)10-11-4(2)5(12)9-6(13,14)15/h1,13-15H,(H,9,12). The molecule has 15 heavy (non-hydrogen) atoms. The molecule has 0 saturated carbocycles. The number of aromatic nitrogens is 2. The highest BCUT2D eigenvalue weighted by Crippen LogP contribution is 2.16. The molecule has 0 aliphatic rings. The molecule has 0 aliphatic carbocycles. The van der Waals surface area contributed by atoms with Crippen LogP contribution in [0.1, 0.15) is 10.5 Å². The minimum atomic E-state index is -3.35. The lowest BCUT2D eigenvalue weighted by molar-refractivity contribution is -0.323. The summed E-state index contributed by atoms with van der Waals surface area (Å²) < 4.78 is 0. The average molecular weight is 254 g/mol. The van der Waals surface area contributed by atoms with Gasteiger partial charge >= 0.3 is 6.10 Å². The largest absolute Gasteiger partial charge is 0.369 e. The predicted molar refractivity (Wildman–Crippen MR) is 48.9 cm³/mol. The number of hydrogen-bond acceptors (Lipinski definition) is 6. The van der Waals surface area contributed by atoms with Crippen LogP contribution in [-0.4, -0.2) is 37.5 Å². The third-order valence-electron chi connectivity index (χ3n) is 1.21. The quantitative estimate of drug-likeness (QED) is 0.508. The van der Waals surface area contributed by atoms with Gasteiger partial charge in [0, 0.05) is 0 Å². The Morgan fingerprint density at radius 3 is 2.40 bits per heavy atom. The molecule has 0 bridgehead atoms. The van der Waals surface area contributed by atoms with Crippen molar-refractivity contribution >= 4 is 29.1 Å². The summed E-state index contributed by atoms with van der Waals surface area (Å²) in [6.45, 7) is 0. The molecule has 1 rings (SSSR count). The van der Waals surface area contributed by atoms with E-state index in [-0.39, 0.29) is 10.2 Å². The first-order chi connectivity index (χ1) is 6.79. The van der Waals surface area contributed by atoms with Crippen LogP contribution in [0.4, 0.5) is 0 Å². The lowest BCUT2D eigenvalue weighted by Gasteiger charge is -2.14. The van der Waals surface area contributed by atoms with Gasteiger partial charge in [-0.2, -0.15) is 0 Å². The molecule has 7 nitrogen and oxygen atoms in total. The first-order valence-electron chi connectivity index (χ1n) is 3.48. The molecule has 0 radical (unpaired) electrons. The van der Waals surface area contributed by atoms with Gasteiger partial charge < -0.3 is 15.3 Å². The van der Waals surface area contributed by atoms with Crippen LogP contribution in [0.2, 0.25) is 10.2 Å². The van der Waals surface area contributed by atoms with Crippen molar-refractivity contribution in [3.05, 3.63) is 21.9 Å². The van der Waals surface area contributed by atoms with Crippen LogP contribution in [-0.2, 0) is 0 Å². The lowest BCUT2D eigenvalue weighted by atomic mass is 10.3. The number of hydrogen-bond donors (Lipinski definition) is 4. The van der Waals surface area contributed by atoms with Crippen LogP contribution in [0, 0.1) is 0 Å². The molecule has 1 aromatic rings. The number of carbonyl (C=O) groups is 1. The lowest BCUT2D eigenvalue weighted by Crippen LogP contribution is -2.48. The van der Waals surface area contributed by atoms with E-state index in [1.54, 1.807) is 0 Å². The maximum Gasteiger partial charge on any atom is 0.369 e. The average Bonchev–Trinajstić information content (AvgIpc) is 1.99. The summed E-state index contributed by atoms with van der Waals surface area (Å²) in [6.07, 6.45) is -3.35. The van der Waals surface area contributed by atoms with E-state index in [1.807, 2.05) is 0 Å². The Balaban J connectivity index is 2.92. The highest BCUT2D eigenvalue weighted by molar-refractivity contribution is 6.35. The minimum Gasteiger partial charge on any atom is -0.325 e. The van der Waals surface area contributed by atoms with Crippen LogP contribution in [0.5, 0.6) is 0 Å². The van der Waals surface area contributed by atoms with Crippen LogP contribution >= 0.6 is 23.2 Å². The van der Waals surface area contributed by atoms with E-state index in [2.05, 4.69) is 10.2 Å². The summed E-state index contributed by atoms with van der Waals surface area (Å²) in [4.78, 5) is 11.2. The van der Waals surface area contributed by atoms with Crippen molar-refractivity contribution in [3.8, 4) is 0 Å². The first-order valence-corrected chi connectivity index (χ1v) is 4.23. The molecular weight excluding hydrogens is 249 g/mol. The van der Waals surface area contributed by atoms with E-state index in [0.29, 0.717) is 0 Å². The summed E-state index contributed by atoms with van der Waals surface area (Å²) in [5, 5.41) is 33.2. The summed E-state index contributed by atoms with van der Waals surface area (Å²) in [6, 6.07) is 1.14. The summed E-state index contributed by atoms with van der Waals surface area (Å²) >= 11 is 11.0. The number of aliphatic hydroxyl groups is 3. The smallest absolute Gasteiger partial charge is 0.325 e. The van der Waals surface area contributed by atoms with Crippen molar-refractivity contribution in [2.24, 2.45) is 0 Å². The fourth-order valence-electron chi connectivity index (χ4n) is 0.713. The normalized spacial score (nSPS) is 11.3. The summed E-state index contributed by atoms with van der Waals surface area (Å²) in [5.74, 6) is -1.11. The Morgan fingerprint density at radius 1 is 1.33 bits per heavy atom. The van der Waals surface area contributed by atoms with Gasteiger partial charge in [-0.3, -0.25) is 10.1 Å². The minimum absolute atomic E-state index is 0.0280. The fraction of sp³-hybridized carbons (Fsp3) is 0.167. The van der Waals surface area contributed by atoms with Crippen molar-refractivity contribution < 1.29 is 20.1 Å². The maximum atomic E-state index is 11.2. The van der Waals surface area contributed by atoms with Crippen LogP contribution < -0.4 is 5.32 Å². The number of nitrogens with zero attached hydrogens (tertiary/aromatic N) is 2. The second-order valence-corrected chi connectivity index (χ2v) is 3.25. The SMILES string of the molecule is O=C(NC(O)(O)O)c1nnc(Cl)cc1Cl. The molecule has 0 aromatic carbocycles. The van der Waals surface area contributed by atoms with Crippen molar-refractivity contribution in [3.63, 3.8) is 0 Å². The fourth-order valence-corrected chi connectivity index (χ4v) is 1.14. The van der Waals surface area contributed by atoms with Crippen LogP contribution in [0.15, 0.2) is 6.07 Å². The molecule has 0 aliphatic heterocycles. The van der Waals surface area contributed by atoms with Gasteiger partial charge in [0.15, 0.2) is 10.8 Å². The molecular formula is C6H5Cl2N3O4. The third kappa shape index (κ3) is 3.57. The second-order valence-electron chi connectivity index (χ2n) is 2.45. The zero-order chi connectivity index (χ0) is 11.6. The van der Waals surface area contributed by atoms with E-state index >= 15 is 0 Å². The molecule has 1 amide bonds. The number of amides is 1. The van der Waals surface area contributed by atoms with Gasteiger partial charge in [0.25, 0.3) is 5.91 Å². The van der Waals surface area contributed by atoms with Crippen molar-refractivity contribution in [2.45, 2.75) is 6.10 Å². The van der Waals surface area contributed by atoms with Crippen molar-refractivity contribution in [1.82, 2.24) is 15.5 Å². The Labute approximate surface area is 93.3 Å². The number of carbonyl (C=O) groups excluding carboxylic acids is 1. The molecule has 0 saturated heterocycles. The summed E-state index contributed by atoms with van der Waals surface area (Å²) in [7, 11) is 0. The number of nitrogens with one attached hydrogen (secondary N) is 1. The molecule has 0 unspecified atom stereocenters. The van der Waals surface area contributed by atoms with Gasteiger partial charge in [-0.05, 0) is 6.07 Å². The van der Waals surface area contributed by atoms with E-state index in [4.69, 9.17) is 38.5 Å². The monoisotopic (exact) mass is 253 g/mol.